The van der Waals surface area contributed by atoms with Crippen LogP contribution in [0.4, 0.5) is 18.0 Å². The van der Waals surface area contributed by atoms with Crippen molar-refractivity contribution in [3.63, 3.8) is 0 Å². The number of halogens is 3. The van der Waals surface area contributed by atoms with Gasteiger partial charge in [0.15, 0.2) is 5.65 Å². The molecule has 0 unspecified atom stereocenters. The molecule has 0 aliphatic rings. The molecule has 0 bridgehead atoms. The number of carbonyl (C=O) groups excluding carboxylic acids is 1. The predicted molar refractivity (Wildman–Crippen MR) is 95.7 cm³/mol. The minimum absolute atomic E-state index is 0.0214. The van der Waals surface area contributed by atoms with Gasteiger partial charge in [-0.2, -0.15) is 31.7 Å². The first-order valence-corrected chi connectivity index (χ1v) is 9.76. The van der Waals surface area contributed by atoms with Crippen LogP contribution in [0.2, 0.25) is 0 Å². The molecule has 1 amide bonds. The van der Waals surface area contributed by atoms with Crippen LogP contribution in [0.15, 0.2) is 12.3 Å². The molecule has 0 spiro atoms. The number of hydrogen-bond donors (Lipinski definition) is 0. The van der Waals surface area contributed by atoms with Gasteiger partial charge < -0.3 is 13.8 Å². The second-order valence-electron chi connectivity index (χ2n) is 7.35. The Morgan fingerprint density at radius 1 is 1.28 bits per heavy atom. The van der Waals surface area contributed by atoms with Crippen molar-refractivity contribution >= 4 is 21.9 Å². The van der Waals surface area contributed by atoms with Gasteiger partial charge in [0.1, 0.15) is 5.60 Å². The third-order valence-corrected chi connectivity index (χ3v) is 4.71. The second-order valence-corrected chi connectivity index (χ2v) is 8.89. The van der Waals surface area contributed by atoms with Crippen LogP contribution >= 0.6 is 0 Å². The van der Waals surface area contributed by atoms with Gasteiger partial charge >= 0.3 is 21.7 Å². The normalized spacial score (nSPS) is 14.0. The minimum atomic E-state index is -5.86. The van der Waals surface area contributed by atoms with Gasteiger partial charge in [-0.25, -0.2) is 9.31 Å². The highest BCUT2D eigenvalue weighted by atomic mass is 32.2. The number of ether oxygens (including phenoxy) is 1. The maximum Gasteiger partial charge on any atom is 0.534 e. The van der Waals surface area contributed by atoms with Gasteiger partial charge in [-0.3, -0.25) is 0 Å². The van der Waals surface area contributed by atoms with Gasteiger partial charge in [0.05, 0.1) is 11.7 Å². The summed E-state index contributed by atoms with van der Waals surface area (Å²) in [7, 11) is -4.35. The van der Waals surface area contributed by atoms with Gasteiger partial charge in [0.25, 0.3) is 0 Å². The number of carbonyl (C=O) groups is 1. The van der Waals surface area contributed by atoms with E-state index in [2.05, 4.69) is 14.3 Å². The van der Waals surface area contributed by atoms with E-state index in [1.165, 1.54) is 35.6 Å². The molecular weight excluding hydrogens is 417 g/mol. The average molecular weight is 438 g/mol. The van der Waals surface area contributed by atoms with Crippen LogP contribution in [0, 0.1) is 6.92 Å². The van der Waals surface area contributed by atoms with Crippen molar-refractivity contribution < 1.29 is 35.3 Å². The summed E-state index contributed by atoms with van der Waals surface area (Å²) in [5, 5.41) is 4.24. The molecule has 0 aliphatic carbocycles. The smallest absolute Gasteiger partial charge is 0.444 e. The minimum Gasteiger partial charge on any atom is -0.444 e. The van der Waals surface area contributed by atoms with Gasteiger partial charge in [0.2, 0.25) is 5.88 Å². The summed E-state index contributed by atoms with van der Waals surface area (Å²) in [6, 6.07) is 0.841. The highest BCUT2D eigenvalue weighted by Gasteiger charge is 2.49. The summed E-state index contributed by atoms with van der Waals surface area (Å²) in [6.45, 7) is 8.15. The van der Waals surface area contributed by atoms with E-state index in [0.29, 0.717) is 5.69 Å². The van der Waals surface area contributed by atoms with E-state index in [0.717, 1.165) is 0 Å². The standard InChI is InChI=1S/C16H21F3N4O5S/c1-9-8-23-12(20-13(9)28-29(25,26)16(17,18)19)7-11(21-23)10(2)22(6)14(24)27-15(3,4)5/h7-8,10H,1-6H3/t10-/m0/s1. The first-order chi connectivity index (χ1) is 13.0. The first-order valence-electron chi connectivity index (χ1n) is 8.35. The number of nitrogens with zero attached hydrogens (tertiary/aromatic N) is 4. The van der Waals surface area contributed by atoms with Crippen molar-refractivity contribution in [1.29, 1.82) is 0 Å². The van der Waals surface area contributed by atoms with Crippen molar-refractivity contribution in [1.82, 2.24) is 19.5 Å². The molecule has 2 aromatic rings. The molecule has 13 heteroatoms. The Bertz CT molecular complexity index is 1030. The topological polar surface area (TPSA) is 103 Å². The fourth-order valence-electron chi connectivity index (χ4n) is 2.14. The molecule has 0 N–H and O–H groups in total. The molecule has 1 atom stereocenters. The summed E-state index contributed by atoms with van der Waals surface area (Å²) >= 11 is 0. The Morgan fingerprint density at radius 2 is 1.86 bits per heavy atom. The third-order valence-electron chi connectivity index (χ3n) is 3.77. The maximum atomic E-state index is 12.5. The van der Waals surface area contributed by atoms with Crippen LogP contribution in [-0.4, -0.2) is 52.2 Å². The monoisotopic (exact) mass is 438 g/mol. The largest absolute Gasteiger partial charge is 0.534 e. The molecule has 0 saturated heterocycles. The quantitative estimate of drug-likeness (QED) is 0.533. The van der Waals surface area contributed by atoms with Crippen LogP contribution in [0.5, 0.6) is 5.88 Å². The summed E-state index contributed by atoms with van der Waals surface area (Å²) in [6.07, 6.45) is 0.680. The number of hydrogen-bond acceptors (Lipinski definition) is 7. The van der Waals surface area contributed by atoms with Crippen LogP contribution in [0.3, 0.4) is 0 Å². The Balaban J connectivity index is 2.34. The first kappa shape index (κ1) is 22.7. The second kappa shape index (κ2) is 7.35. The van der Waals surface area contributed by atoms with E-state index < -0.39 is 39.2 Å². The molecule has 2 rings (SSSR count). The molecule has 0 aliphatic heterocycles. The Morgan fingerprint density at radius 3 is 2.38 bits per heavy atom. The summed E-state index contributed by atoms with van der Waals surface area (Å²) in [4.78, 5) is 17.3. The van der Waals surface area contributed by atoms with Gasteiger partial charge in [-0.15, -0.1) is 0 Å². The van der Waals surface area contributed by atoms with E-state index in [-0.39, 0.29) is 11.2 Å². The average Bonchev–Trinajstić information content (AvgIpc) is 2.93. The molecule has 0 saturated carbocycles. The lowest BCUT2D eigenvalue weighted by Gasteiger charge is -2.27. The number of aromatic nitrogens is 3. The Labute approximate surface area is 165 Å². The van der Waals surface area contributed by atoms with E-state index in [4.69, 9.17) is 4.74 Å². The molecular formula is C16H21F3N4O5S. The van der Waals surface area contributed by atoms with Crippen LogP contribution in [0.1, 0.15) is 45.0 Å². The fraction of sp³-hybridized carbons (Fsp3) is 0.562. The molecule has 0 radical (unpaired) electrons. The fourth-order valence-corrected chi connectivity index (χ4v) is 2.61. The number of alkyl halides is 3. The lowest BCUT2D eigenvalue weighted by Crippen LogP contribution is -2.35. The van der Waals surface area contributed by atoms with Crippen molar-refractivity contribution in [3.8, 4) is 5.88 Å². The number of fused-ring (bicyclic) bond motifs is 1. The van der Waals surface area contributed by atoms with Crippen LogP contribution in [-0.2, 0) is 14.9 Å². The van der Waals surface area contributed by atoms with Gasteiger partial charge in [-0.05, 0) is 34.6 Å². The lowest BCUT2D eigenvalue weighted by molar-refractivity contribution is -0.0501. The lowest BCUT2D eigenvalue weighted by atomic mass is 10.2. The maximum absolute atomic E-state index is 12.5. The molecule has 2 heterocycles. The third kappa shape index (κ3) is 5.08. The highest BCUT2D eigenvalue weighted by Crippen LogP contribution is 2.28. The molecule has 9 nitrogen and oxygen atoms in total. The molecule has 0 aromatic carbocycles. The van der Waals surface area contributed by atoms with Gasteiger partial charge in [-0.1, -0.05) is 0 Å². The molecule has 29 heavy (non-hydrogen) atoms. The molecule has 2 aromatic heterocycles. The zero-order valence-corrected chi connectivity index (χ0v) is 17.4. The number of rotatable bonds is 4. The zero-order valence-electron chi connectivity index (χ0n) is 16.6. The van der Waals surface area contributed by atoms with E-state index in [1.54, 1.807) is 27.7 Å². The van der Waals surface area contributed by atoms with E-state index >= 15 is 0 Å². The summed E-state index contributed by atoms with van der Waals surface area (Å²) < 4.78 is 70.8. The Hall–Kier alpha value is -2.57. The summed E-state index contributed by atoms with van der Waals surface area (Å²) in [5.41, 5.74) is -5.85. The Kier molecular flexibility index (Phi) is 5.76. The highest BCUT2D eigenvalue weighted by molar-refractivity contribution is 7.87. The summed E-state index contributed by atoms with van der Waals surface area (Å²) in [5.74, 6) is -0.713. The SMILES string of the molecule is Cc1cn2nc([C@H](C)N(C)C(=O)OC(C)(C)C)cc2nc1OS(=O)(=O)C(F)(F)F. The van der Waals surface area contributed by atoms with Crippen molar-refractivity contribution in [2.24, 2.45) is 0 Å². The van der Waals surface area contributed by atoms with E-state index in [9.17, 15) is 26.4 Å². The van der Waals surface area contributed by atoms with Crippen molar-refractivity contribution in [2.45, 2.75) is 51.8 Å². The number of aryl methyl sites for hydroxylation is 1. The molecule has 0 fully saturated rings. The van der Waals surface area contributed by atoms with Crippen LogP contribution < -0.4 is 4.18 Å². The van der Waals surface area contributed by atoms with Crippen molar-refractivity contribution in [3.05, 3.63) is 23.5 Å². The van der Waals surface area contributed by atoms with E-state index in [1.807, 2.05) is 0 Å². The zero-order chi connectivity index (χ0) is 22.4. The number of amides is 1. The van der Waals surface area contributed by atoms with Gasteiger partial charge in [0, 0.05) is 24.9 Å². The van der Waals surface area contributed by atoms with Crippen molar-refractivity contribution in [2.75, 3.05) is 7.05 Å². The predicted octanol–water partition coefficient (Wildman–Crippen LogP) is 3.19. The van der Waals surface area contributed by atoms with Crippen LogP contribution in [0.25, 0.3) is 5.65 Å². The molecule has 162 valence electrons.